The zero-order valence-electron chi connectivity index (χ0n) is 11.8. The van der Waals surface area contributed by atoms with Gasteiger partial charge in [0.15, 0.2) is 0 Å². The molecule has 0 heterocycles. The summed E-state index contributed by atoms with van der Waals surface area (Å²) in [6, 6.07) is 5.26. The molecule has 0 saturated heterocycles. The zero-order chi connectivity index (χ0) is 14.6. The Kier molecular flexibility index (Phi) is 5.20. The van der Waals surface area contributed by atoms with E-state index in [4.69, 9.17) is 22.1 Å². The van der Waals surface area contributed by atoms with Gasteiger partial charge >= 0.3 is 6.09 Å². The van der Waals surface area contributed by atoms with Crippen LogP contribution in [0.15, 0.2) is 18.2 Å². The number of carbonyl (C=O) groups excluding carboxylic acids is 1. The molecular weight excluding hydrogens is 264 g/mol. The van der Waals surface area contributed by atoms with Crippen LogP contribution in [0.5, 0.6) is 0 Å². The molecule has 3 N–H and O–H groups in total. The second-order valence-electron chi connectivity index (χ2n) is 5.46. The Morgan fingerprint density at radius 1 is 1.47 bits per heavy atom. The van der Waals surface area contributed by atoms with Crippen molar-refractivity contribution in [2.24, 2.45) is 5.73 Å². The van der Waals surface area contributed by atoms with Crippen LogP contribution in [-0.2, 0) is 4.74 Å². The zero-order valence-corrected chi connectivity index (χ0v) is 12.5. The van der Waals surface area contributed by atoms with E-state index in [2.05, 4.69) is 5.32 Å². The Morgan fingerprint density at radius 3 is 2.63 bits per heavy atom. The molecular formula is C14H21ClN2O2. The number of hydrogen-bond acceptors (Lipinski definition) is 3. The first kappa shape index (κ1) is 15.8. The summed E-state index contributed by atoms with van der Waals surface area (Å²) in [6.07, 6.45) is -0.500. The largest absolute Gasteiger partial charge is 0.444 e. The highest BCUT2D eigenvalue weighted by Crippen LogP contribution is 2.24. The van der Waals surface area contributed by atoms with Crippen molar-refractivity contribution in [3.8, 4) is 0 Å². The Morgan fingerprint density at radius 2 is 2.11 bits per heavy atom. The van der Waals surface area contributed by atoms with Crippen LogP contribution < -0.4 is 11.1 Å². The number of nitrogens with two attached hydrogens (primary N) is 1. The van der Waals surface area contributed by atoms with Gasteiger partial charge in [-0.1, -0.05) is 29.3 Å². The number of nitrogens with one attached hydrogen (secondary N) is 1. The van der Waals surface area contributed by atoms with Crippen LogP contribution in [0.1, 0.15) is 37.9 Å². The predicted molar refractivity (Wildman–Crippen MR) is 77.4 cm³/mol. The van der Waals surface area contributed by atoms with E-state index in [1.54, 1.807) is 6.07 Å². The number of carbonyl (C=O) groups is 1. The maximum atomic E-state index is 11.8. The van der Waals surface area contributed by atoms with Crippen molar-refractivity contribution >= 4 is 17.7 Å². The van der Waals surface area contributed by atoms with Crippen LogP contribution in [0.3, 0.4) is 0 Å². The fraction of sp³-hybridized carbons (Fsp3) is 0.500. The average molecular weight is 285 g/mol. The minimum Gasteiger partial charge on any atom is -0.444 e. The predicted octanol–water partition coefficient (Wildman–Crippen LogP) is 3.17. The van der Waals surface area contributed by atoms with Gasteiger partial charge in [-0.3, -0.25) is 0 Å². The van der Waals surface area contributed by atoms with Gasteiger partial charge in [0, 0.05) is 11.6 Å². The highest BCUT2D eigenvalue weighted by molar-refractivity contribution is 6.31. The molecule has 0 aliphatic rings. The number of alkyl carbamates (subject to hydrolysis) is 1. The van der Waals surface area contributed by atoms with E-state index in [1.165, 1.54) is 0 Å². The van der Waals surface area contributed by atoms with Crippen LogP contribution in [0.4, 0.5) is 4.79 Å². The van der Waals surface area contributed by atoms with Crippen molar-refractivity contribution in [3.05, 3.63) is 34.3 Å². The monoisotopic (exact) mass is 284 g/mol. The van der Waals surface area contributed by atoms with Crippen molar-refractivity contribution in [2.45, 2.75) is 39.3 Å². The fourth-order valence-electron chi connectivity index (χ4n) is 1.64. The van der Waals surface area contributed by atoms with Gasteiger partial charge in [0.1, 0.15) is 5.60 Å². The Balaban J connectivity index is 2.84. The Labute approximate surface area is 119 Å². The molecule has 1 unspecified atom stereocenters. The topological polar surface area (TPSA) is 64.3 Å². The van der Waals surface area contributed by atoms with Crippen molar-refractivity contribution in [2.75, 3.05) is 6.54 Å². The third kappa shape index (κ3) is 5.09. The van der Waals surface area contributed by atoms with Gasteiger partial charge in [0.25, 0.3) is 0 Å². The lowest BCUT2D eigenvalue weighted by atomic mass is 10.0. The van der Waals surface area contributed by atoms with Crippen molar-refractivity contribution in [1.82, 2.24) is 5.32 Å². The molecule has 106 valence electrons. The lowest BCUT2D eigenvalue weighted by Crippen LogP contribution is -2.37. The number of rotatable bonds is 3. The number of amides is 1. The summed E-state index contributed by atoms with van der Waals surface area (Å²) in [5.74, 6) is 0. The Hall–Kier alpha value is -1.26. The number of halogens is 1. The minimum absolute atomic E-state index is 0.252. The molecule has 1 aromatic carbocycles. The summed E-state index contributed by atoms with van der Waals surface area (Å²) in [5, 5.41) is 3.32. The summed E-state index contributed by atoms with van der Waals surface area (Å²) < 4.78 is 5.21. The molecule has 0 saturated carbocycles. The molecule has 1 rings (SSSR count). The maximum absolute atomic E-state index is 11.8. The lowest BCUT2D eigenvalue weighted by Gasteiger charge is -2.23. The Bertz CT molecular complexity index is 455. The van der Waals surface area contributed by atoms with E-state index in [9.17, 15) is 4.79 Å². The highest BCUT2D eigenvalue weighted by atomic mass is 35.5. The smallest absolute Gasteiger partial charge is 0.408 e. The summed E-state index contributed by atoms with van der Waals surface area (Å²) in [7, 11) is 0. The van der Waals surface area contributed by atoms with E-state index >= 15 is 0 Å². The molecule has 4 nitrogen and oxygen atoms in total. The van der Waals surface area contributed by atoms with E-state index < -0.39 is 11.7 Å². The number of aryl methyl sites for hydroxylation is 1. The van der Waals surface area contributed by atoms with E-state index in [0.717, 1.165) is 11.1 Å². The van der Waals surface area contributed by atoms with Crippen LogP contribution in [0.25, 0.3) is 0 Å². The molecule has 1 atom stereocenters. The summed E-state index contributed by atoms with van der Waals surface area (Å²) >= 11 is 6.14. The van der Waals surface area contributed by atoms with Crippen LogP contribution >= 0.6 is 11.6 Å². The van der Waals surface area contributed by atoms with Crippen molar-refractivity contribution in [1.29, 1.82) is 0 Å². The third-order valence-electron chi connectivity index (χ3n) is 2.45. The highest BCUT2D eigenvalue weighted by Gasteiger charge is 2.21. The van der Waals surface area contributed by atoms with Crippen LogP contribution in [0, 0.1) is 6.92 Å². The molecule has 0 aromatic heterocycles. The average Bonchev–Trinajstić information content (AvgIpc) is 2.27. The fourth-order valence-corrected chi connectivity index (χ4v) is 1.89. The van der Waals surface area contributed by atoms with Gasteiger partial charge in [0.05, 0.1) is 6.04 Å². The van der Waals surface area contributed by atoms with Gasteiger partial charge in [-0.05, 0) is 39.3 Å². The molecule has 0 aliphatic heterocycles. The second-order valence-corrected chi connectivity index (χ2v) is 5.87. The molecule has 5 heteroatoms. The molecule has 0 bridgehead atoms. The van der Waals surface area contributed by atoms with Crippen molar-refractivity contribution < 1.29 is 9.53 Å². The summed E-state index contributed by atoms with van der Waals surface area (Å²) in [4.78, 5) is 11.8. The summed E-state index contributed by atoms with van der Waals surface area (Å²) in [5.41, 5.74) is 7.02. The standard InChI is InChI=1S/C14H21ClN2O2/c1-9-5-6-11(15)10(7-9)12(8-16)17-13(18)19-14(2,3)4/h5-7,12H,8,16H2,1-4H3,(H,17,18). The quantitative estimate of drug-likeness (QED) is 0.896. The maximum Gasteiger partial charge on any atom is 0.408 e. The number of ether oxygens (including phenoxy) is 1. The van der Waals surface area contributed by atoms with E-state index in [-0.39, 0.29) is 12.6 Å². The van der Waals surface area contributed by atoms with Gasteiger partial charge in [-0.2, -0.15) is 0 Å². The first-order valence-electron chi connectivity index (χ1n) is 6.18. The third-order valence-corrected chi connectivity index (χ3v) is 2.80. The number of benzene rings is 1. The molecule has 1 amide bonds. The SMILES string of the molecule is Cc1ccc(Cl)c(C(CN)NC(=O)OC(C)(C)C)c1. The molecule has 0 aliphatic carbocycles. The van der Waals surface area contributed by atoms with Crippen LogP contribution in [-0.4, -0.2) is 18.2 Å². The minimum atomic E-state index is -0.542. The summed E-state index contributed by atoms with van der Waals surface area (Å²) in [6.45, 7) is 7.64. The molecule has 1 aromatic rings. The van der Waals surface area contributed by atoms with Gasteiger partial charge < -0.3 is 15.8 Å². The van der Waals surface area contributed by atoms with E-state index in [1.807, 2.05) is 39.8 Å². The van der Waals surface area contributed by atoms with Crippen molar-refractivity contribution in [3.63, 3.8) is 0 Å². The number of hydrogen-bond donors (Lipinski definition) is 2. The normalized spacial score (nSPS) is 12.9. The van der Waals surface area contributed by atoms with Crippen LogP contribution in [0.2, 0.25) is 5.02 Å². The van der Waals surface area contributed by atoms with Gasteiger partial charge in [-0.15, -0.1) is 0 Å². The molecule has 19 heavy (non-hydrogen) atoms. The van der Waals surface area contributed by atoms with E-state index in [0.29, 0.717) is 5.02 Å². The first-order valence-corrected chi connectivity index (χ1v) is 6.56. The second kappa shape index (κ2) is 6.26. The lowest BCUT2D eigenvalue weighted by molar-refractivity contribution is 0.0505. The van der Waals surface area contributed by atoms with Gasteiger partial charge in [0.2, 0.25) is 0 Å². The van der Waals surface area contributed by atoms with Gasteiger partial charge in [-0.25, -0.2) is 4.79 Å². The first-order chi connectivity index (χ1) is 8.73. The molecule has 0 fully saturated rings. The molecule has 0 spiro atoms. The molecule has 0 radical (unpaired) electrons.